The standard InChI is InChI=1S/C17H24N2O3S/c20-16(19-13-15-7-4-12-23(15,21)22)17(8-10-18-11-9-17)14-5-2-1-3-6-14/h1-3,5-6,15,18H,4,7-13H2,(H,19,20)/t15-/m0/s1. The van der Waals surface area contributed by atoms with Crippen molar-refractivity contribution in [3.8, 4) is 0 Å². The monoisotopic (exact) mass is 336 g/mol. The van der Waals surface area contributed by atoms with Gasteiger partial charge in [0.1, 0.15) is 0 Å². The summed E-state index contributed by atoms with van der Waals surface area (Å²) in [6.45, 7) is 1.83. The van der Waals surface area contributed by atoms with E-state index in [0.29, 0.717) is 12.8 Å². The Balaban J connectivity index is 1.76. The third-order valence-corrected chi connectivity index (χ3v) is 7.45. The Kier molecular flexibility index (Phi) is 4.73. The first-order chi connectivity index (χ1) is 11.0. The lowest BCUT2D eigenvalue weighted by atomic mass is 9.72. The fourth-order valence-corrected chi connectivity index (χ4v) is 5.49. The number of benzene rings is 1. The van der Waals surface area contributed by atoms with Gasteiger partial charge in [0.2, 0.25) is 5.91 Å². The zero-order valence-corrected chi connectivity index (χ0v) is 14.1. The number of hydrogen-bond acceptors (Lipinski definition) is 4. The van der Waals surface area contributed by atoms with Crippen LogP contribution in [0.5, 0.6) is 0 Å². The van der Waals surface area contributed by atoms with Gasteiger partial charge in [0, 0.05) is 6.54 Å². The van der Waals surface area contributed by atoms with Gasteiger partial charge in [-0.1, -0.05) is 30.3 Å². The quantitative estimate of drug-likeness (QED) is 0.860. The van der Waals surface area contributed by atoms with Gasteiger partial charge in [0.05, 0.1) is 16.4 Å². The third-order valence-electron chi connectivity index (χ3n) is 5.17. The van der Waals surface area contributed by atoms with Crippen LogP contribution >= 0.6 is 0 Å². The Bertz CT molecular complexity index is 652. The lowest BCUT2D eigenvalue weighted by molar-refractivity contribution is -0.127. The van der Waals surface area contributed by atoms with E-state index in [4.69, 9.17) is 0 Å². The zero-order chi connectivity index (χ0) is 16.3. The van der Waals surface area contributed by atoms with E-state index >= 15 is 0 Å². The van der Waals surface area contributed by atoms with Crippen molar-refractivity contribution in [2.75, 3.05) is 25.4 Å². The fraction of sp³-hybridized carbons (Fsp3) is 0.588. The summed E-state index contributed by atoms with van der Waals surface area (Å²) in [6, 6.07) is 9.84. The number of carbonyl (C=O) groups excluding carboxylic acids is 1. The first-order valence-corrected chi connectivity index (χ1v) is 10.0. The fourth-order valence-electron chi connectivity index (χ4n) is 3.72. The van der Waals surface area contributed by atoms with Gasteiger partial charge in [-0.3, -0.25) is 4.79 Å². The lowest BCUT2D eigenvalue weighted by Crippen LogP contribution is -2.52. The van der Waals surface area contributed by atoms with Gasteiger partial charge in [-0.2, -0.15) is 0 Å². The van der Waals surface area contributed by atoms with Crippen LogP contribution in [0.15, 0.2) is 30.3 Å². The highest BCUT2D eigenvalue weighted by Crippen LogP contribution is 2.34. The van der Waals surface area contributed by atoms with Gasteiger partial charge in [-0.15, -0.1) is 0 Å². The molecule has 3 rings (SSSR count). The molecule has 0 spiro atoms. The molecule has 6 heteroatoms. The second kappa shape index (κ2) is 6.61. The summed E-state index contributed by atoms with van der Waals surface area (Å²) in [5.74, 6) is 0.216. The molecule has 0 aliphatic carbocycles. The number of sulfone groups is 1. The minimum atomic E-state index is -3.02. The van der Waals surface area contributed by atoms with Crippen LogP contribution in [0.1, 0.15) is 31.2 Å². The third kappa shape index (κ3) is 3.28. The van der Waals surface area contributed by atoms with Crippen molar-refractivity contribution in [1.29, 1.82) is 0 Å². The van der Waals surface area contributed by atoms with Gasteiger partial charge in [-0.05, 0) is 44.3 Å². The van der Waals surface area contributed by atoms with Crippen LogP contribution in [0.4, 0.5) is 0 Å². The minimum Gasteiger partial charge on any atom is -0.354 e. The maximum atomic E-state index is 13.0. The van der Waals surface area contributed by atoms with Crippen LogP contribution in [0.3, 0.4) is 0 Å². The summed E-state index contributed by atoms with van der Waals surface area (Å²) in [7, 11) is -3.02. The number of hydrogen-bond donors (Lipinski definition) is 2. The molecule has 1 aromatic rings. The summed E-state index contributed by atoms with van der Waals surface area (Å²) in [6.07, 6.45) is 2.83. The van der Waals surface area contributed by atoms with Crippen LogP contribution in [-0.4, -0.2) is 45.0 Å². The number of piperidine rings is 1. The van der Waals surface area contributed by atoms with Crippen molar-refractivity contribution < 1.29 is 13.2 Å². The SMILES string of the molecule is O=C(NC[C@@H]1CCCS1(=O)=O)C1(c2ccccc2)CCNCC1. The smallest absolute Gasteiger partial charge is 0.230 e. The van der Waals surface area contributed by atoms with E-state index in [1.807, 2.05) is 30.3 Å². The second-order valence-corrected chi connectivity index (χ2v) is 8.94. The van der Waals surface area contributed by atoms with E-state index < -0.39 is 20.5 Å². The van der Waals surface area contributed by atoms with Crippen LogP contribution in [0, 0.1) is 0 Å². The first-order valence-electron chi connectivity index (χ1n) is 8.31. The maximum absolute atomic E-state index is 13.0. The molecule has 0 saturated carbocycles. The topological polar surface area (TPSA) is 75.3 Å². The molecule has 23 heavy (non-hydrogen) atoms. The Hall–Kier alpha value is -1.40. The number of rotatable bonds is 4. The van der Waals surface area contributed by atoms with Crippen LogP contribution in [0.25, 0.3) is 0 Å². The van der Waals surface area contributed by atoms with Crippen LogP contribution in [-0.2, 0) is 20.0 Å². The summed E-state index contributed by atoms with van der Waals surface area (Å²) < 4.78 is 23.9. The molecule has 0 radical (unpaired) electrons. The number of nitrogens with one attached hydrogen (secondary N) is 2. The van der Waals surface area contributed by atoms with Gasteiger partial charge in [0.25, 0.3) is 0 Å². The summed E-state index contributed by atoms with van der Waals surface area (Å²) >= 11 is 0. The molecule has 2 aliphatic rings. The normalized spacial score (nSPS) is 25.8. The van der Waals surface area contributed by atoms with E-state index in [2.05, 4.69) is 10.6 Å². The maximum Gasteiger partial charge on any atom is 0.230 e. The van der Waals surface area contributed by atoms with Crippen molar-refractivity contribution in [3.05, 3.63) is 35.9 Å². The molecule has 0 bridgehead atoms. The predicted molar refractivity (Wildman–Crippen MR) is 90.0 cm³/mol. The van der Waals surface area contributed by atoms with Crippen LogP contribution in [0.2, 0.25) is 0 Å². The molecule has 2 N–H and O–H groups in total. The van der Waals surface area contributed by atoms with Crippen molar-refractivity contribution in [3.63, 3.8) is 0 Å². The summed E-state index contributed by atoms with van der Waals surface area (Å²) in [5.41, 5.74) is 0.475. The Morgan fingerprint density at radius 3 is 2.52 bits per heavy atom. The second-order valence-electron chi connectivity index (χ2n) is 6.54. The van der Waals surface area contributed by atoms with Crippen molar-refractivity contribution in [1.82, 2.24) is 10.6 Å². The average molecular weight is 336 g/mol. The van der Waals surface area contributed by atoms with Gasteiger partial charge in [-0.25, -0.2) is 8.42 Å². The molecule has 1 atom stereocenters. The van der Waals surface area contributed by atoms with Crippen molar-refractivity contribution in [2.24, 2.45) is 0 Å². The lowest BCUT2D eigenvalue weighted by Gasteiger charge is -2.37. The highest BCUT2D eigenvalue weighted by Gasteiger charge is 2.42. The van der Waals surface area contributed by atoms with E-state index in [0.717, 1.165) is 31.5 Å². The van der Waals surface area contributed by atoms with Gasteiger partial charge in [0.15, 0.2) is 9.84 Å². The Labute approximate surface area is 137 Å². The molecule has 0 aromatic heterocycles. The molecular weight excluding hydrogens is 312 g/mol. The molecule has 2 heterocycles. The average Bonchev–Trinajstić information content (AvgIpc) is 2.92. The minimum absolute atomic E-state index is 0.0349. The van der Waals surface area contributed by atoms with Gasteiger partial charge < -0.3 is 10.6 Å². The molecule has 5 nitrogen and oxygen atoms in total. The van der Waals surface area contributed by atoms with E-state index in [1.54, 1.807) is 0 Å². The molecule has 126 valence electrons. The predicted octanol–water partition coefficient (Wildman–Crippen LogP) is 1.00. The summed E-state index contributed by atoms with van der Waals surface area (Å²) in [5, 5.41) is 5.83. The molecule has 1 amide bonds. The first kappa shape index (κ1) is 16.5. The number of carbonyl (C=O) groups is 1. The molecule has 0 unspecified atom stereocenters. The summed E-state index contributed by atoms with van der Waals surface area (Å²) in [4.78, 5) is 13.0. The Morgan fingerprint density at radius 1 is 1.22 bits per heavy atom. The van der Waals surface area contributed by atoms with E-state index in [1.165, 1.54) is 0 Å². The Morgan fingerprint density at radius 2 is 1.91 bits per heavy atom. The molecule has 1 aromatic carbocycles. The van der Waals surface area contributed by atoms with E-state index in [-0.39, 0.29) is 18.2 Å². The van der Waals surface area contributed by atoms with Crippen LogP contribution < -0.4 is 10.6 Å². The van der Waals surface area contributed by atoms with E-state index in [9.17, 15) is 13.2 Å². The number of amides is 1. The van der Waals surface area contributed by atoms with Crippen molar-refractivity contribution >= 4 is 15.7 Å². The van der Waals surface area contributed by atoms with Crippen molar-refractivity contribution in [2.45, 2.75) is 36.3 Å². The van der Waals surface area contributed by atoms with Gasteiger partial charge >= 0.3 is 0 Å². The highest BCUT2D eigenvalue weighted by molar-refractivity contribution is 7.92. The molecule has 2 aliphatic heterocycles. The highest BCUT2D eigenvalue weighted by atomic mass is 32.2. The molecule has 2 saturated heterocycles. The molecular formula is C17H24N2O3S. The molecule has 2 fully saturated rings. The zero-order valence-electron chi connectivity index (χ0n) is 13.3. The largest absolute Gasteiger partial charge is 0.354 e.